The molecule has 0 aliphatic heterocycles. The minimum Gasteiger partial charge on any atom is -0.386 e. The molecule has 2 aromatic rings. The van der Waals surface area contributed by atoms with E-state index in [1.54, 1.807) is 0 Å². The number of imidazole rings is 1. The number of methoxy groups -OCH3 is 1. The van der Waals surface area contributed by atoms with Crippen LogP contribution >= 0.6 is 0 Å². The van der Waals surface area contributed by atoms with E-state index in [1.807, 2.05) is 13.8 Å². The molecule has 0 fully saturated rings. The molecule has 146 valence electrons. The van der Waals surface area contributed by atoms with Gasteiger partial charge in [-0.25, -0.2) is 20.1 Å². The van der Waals surface area contributed by atoms with E-state index in [9.17, 15) is 18.6 Å². The second-order valence-corrected chi connectivity index (χ2v) is 7.42. The maximum absolute atomic E-state index is 10.9. The van der Waals surface area contributed by atoms with Gasteiger partial charge in [-0.2, -0.15) is 8.42 Å². The van der Waals surface area contributed by atoms with Gasteiger partial charge in [0.2, 0.25) is 0 Å². The van der Waals surface area contributed by atoms with Crippen LogP contribution < -0.4 is 5.14 Å². The van der Waals surface area contributed by atoms with Crippen LogP contribution in [0.1, 0.15) is 25.8 Å². The minimum atomic E-state index is -4.21. The molecule has 0 bridgehead atoms. The van der Waals surface area contributed by atoms with E-state index >= 15 is 0 Å². The SMILES string of the molecule is CO[C@H](COS(N)(=O)=O)[C@@H](O)[C@@H](O)n1cnc2c(CC(C)C)ncnc21. The molecule has 4 N–H and O–H groups in total. The van der Waals surface area contributed by atoms with Crippen molar-refractivity contribution < 1.29 is 27.6 Å². The Kier molecular flexibility index (Phi) is 6.60. The van der Waals surface area contributed by atoms with Gasteiger partial charge < -0.3 is 14.9 Å². The summed E-state index contributed by atoms with van der Waals surface area (Å²) in [7, 11) is -2.97. The predicted octanol–water partition coefficient (Wildman–Crippen LogP) is -0.888. The van der Waals surface area contributed by atoms with Gasteiger partial charge in [0.15, 0.2) is 11.9 Å². The van der Waals surface area contributed by atoms with E-state index in [0.717, 1.165) is 5.69 Å². The fourth-order valence-corrected chi connectivity index (χ4v) is 2.78. The van der Waals surface area contributed by atoms with E-state index < -0.39 is 35.3 Å². The molecule has 3 atom stereocenters. The zero-order chi connectivity index (χ0) is 19.5. The Balaban J connectivity index is 2.26. The third-order valence-corrected chi connectivity index (χ3v) is 4.17. The molecule has 0 saturated heterocycles. The van der Waals surface area contributed by atoms with Gasteiger partial charge in [0.25, 0.3) is 0 Å². The van der Waals surface area contributed by atoms with Crippen molar-refractivity contribution in [1.29, 1.82) is 0 Å². The maximum Gasteiger partial charge on any atom is 0.333 e. The van der Waals surface area contributed by atoms with E-state index in [2.05, 4.69) is 19.1 Å². The average Bonchev–Trinajstić information content (AvgIpc) is 2.98. The lowest BCUT2D eigenvalue weighted by molar-refractivity contribution is -0.112. The molecule has 11 nitrogen and oxygen atoms in total. The molecular weight excluding hydrogens is 366 g/mol. The van der Waals surface area contributed by atoms with E-state index in [4.69, 9.17) is 9.88 Å². The topological polar surface area (TPSA) is 163 Å². The van der Waals surface area contributed by atoms with Gasteiger partial charge in [-0.3, -0.25) is 8.75 Å². The third-order valence-electron chi connectivity index (χ3n) is 3.71. The number of rotatable bonds is 9. The van der Waals surface area contributed by atoms with Gasteiger partial charge in [0, 0.05) is 7.11 Å². The molecule has 0 unspecified atom stereocenters. The first-order chi connectivity index (χ1) is 12.1. The van der Waals surface area contributed by atoms with Crippen molar-refractivity contribution >= 4 is 21.5 Å². The fraction of sp³-hybridized carbons (Fsp3) is 0.643. The van der Waals surface area contributed by atoms with Crippen LogP contribution in [0.4, 0.5) is 0 Å². The Morgan fingerprint density at radius 2 is 1.96 bits per heavy atom. The summed E-state index contributed by atoms with van der Waals surface area (Å²) in [6.07, 6.45) is -0.826. The summed E-state index contributed by atoms with van der Waals surface area (Å²) in [6.45, 7) is 3.52. The highest BCUT2D eigenvalue weighted by atomic mass is 32.2. The molecule has 0 aromatic carbocycles. The van der Waals surface area contributed by atoms with Gasteiger partial charge in [-0.15, -0.1) is 0 Å². The summed E-state index contributed by atoms with van der Waals surface area (Å²) in [5.41, 5.74) is 1.58. The predicted molar refractivity (Wildman–Crippen MR) is 91.0 cm³/mol. The number of ether oxygens (including phenoxy) is 1. The highest BCUT2D eigenvalue weighted by Crippen LogP contribution is 2.22. The van der Waals surface area contributed by atoms with Crippen LogP contribution in [-0.4, -0.2) is 64.1 Å². The van der Waals surface area contributed by atoms with Crippen molar-refractivity contribution in [2.24, 2.45) is 11.1 Å². The molecule has 12 heteroatoms. The lowest BCUT2D eigenvalue weighted by atomic mass is 10.1. The number of aliphatic hydroxyl groups excluding tert-OH is 2. The van der Waals surface area contributed by atoms with Crippen molar-refractivity contribution in [2.75, 3.05) is 13.7 Å². The molecule has 0 saturated carbocycles. The van der Waals surface area contributed by atoms with Gasteiger partial charge in [-0.1, -0.05) is 13.8 Å². The number of fused-ring (bicyclic) bond motifs is 1. The van der Waals surface area contributed by atoms with Crippen molar-refractivity contribution in [3.05, 3.63) is 18.3 Å². The van der Waals surface area contributed by atoms with Gasteiger partial charge in [0.05, 0.1) is 18.6 Å². The normalized spacial score (nSPS) is 16.1. The summed E-state index contributed by atoms with van der Waals surface area (Å²) in [6, 6.07) is 0. The number of hydrogen-bond donors (Lipinski definition) is 3. The Labute approximate surface area is 151 Å². The Hall–Kier alpha value is -1.70. The van der Waals surface area contributed by atoms with Crippen molar-refractivity contribution in [3.63, 3.8) is 0 Å². The van der Waals surface area contributed by atoms with Crippen LogP contribution in [-0.2, 0) is 25.6 Å². The smallest absolute Gasteiger partial charge is 0.333 e. The van der Waals surface area contributed by atoms with Crippen LogP contribution in [0.5, 0.6) is 0 Å². The second kappa shape index (κ2) is 8.33. The van der Waals surface area contributed by atoms with Gasteiger partial charge >= 0.3 is 10.3 Å². The van der Waals surface area contributed by atoms with Gasteiger partial charge in [0.1, 0.15) is 24.1 Å². The molecular formula is C14H23N5O6S. The minimum absolute atomic E-state index is 0.337. The Morgan fingerprint density at radius 1 is 1.27 bits per heavy atom. The first-order valence-electron chi connectivity index (χ1n) is 7.86. The lowest BCUT2D eigenvalue weighted by Gasteiger charge is -2.25. The zero-order valence-corrected chi connectivity index (χ0v) is 15.5. The van der Waals surface area contributed by atoms with Crippen molar-refractivity contribution in [1.82, 2.24) is 19.5 Å². The molecule has 0 aliphatic carbocycles. The average molecular weight is 389 g/mol. The third kappa shape index (κ3) is 4.93. The first kappa shape index (κ1) is 20.6. The summed E-state index contributed by atoms with van der Waals surface area (Å²) in [5, 5.41) is 25.6. The van der Waals surface area contributed by atoms with Crippen LogP contribution in [0.25, 0.3) is 11.2 Å². The highest BCUT2D eigenvalue weighted by Gasteiger charge is 2.30. The highest BCUT2D eigenvalue weighted by molar-refractivity contribution is 7.84. The maximum atomic E-state index is 10.9. The van der Waals surface area contributed by atoms with Crippen LogP contribution in [0.3, 0.4) is 0 Å². The summed E-state index contributed by atoms with van der Waals surface area (Å²) >= 11 is 0. The molecule has 2 heterocycles. The molecule has 2 rings (SSSR count). The van der Waals surface area contributed by atoms with Crippen LogP contribution in [0, 0.1) is 5.92 Å². The van der Waals surface area contributed by atoms with E-state index in [1.165, 1.54) is 24.3 Å². The second-order valence-electron chi connectivity index (χ2n) is 6.20. The Morgan fingerprint density at radius 3 is 2.54 bits per heavy atom. The molecule has 0 aliphatic rings. The summed E-state index contributed by atoms with van der Waals surface area (Å²) < 4.78 is 32.5. The standard InChI is InChI=1S/C14H23N5O6S/c1-8(2)4-9-11-13(17-6-16-9)19(7-18-11)14(21)12(20)10(24-3)5-25-26(15,22)23/h6-8,10,12,14,20-21H,4-5H2,1-3H3,(H2,15,22,23)/t10-,12-,14-/m1/s1. The van der Waals surface area contributed by atoms with E-state index in [-0.39, 0.29) is 0 Å². The number of aliphatic hydroxyl groups is 2. The largest absolute Gasteiger partial charge is 0.386 e. The zero-order valence-electron chi connectivity index (χ0n) is 14.7. The summed E-state index contributed by atoms with van der Waals surface area (Å²) in [4.78, 5) is 12.6. The summed E-state index contributed by atoms with van der Waals surface area (Å²) in [5.74, 6) is 0.349. The van der Waals surface area contributed by atoms with E-state index in [0.29, 0.717) is 23.5 Å². The fourth-order valence-electron chi connectivity index (χ4n) is 2.45. The number of nitrogens with two attached hydrogens (primary N) is 1. The first-order valence-corrected chi connectivity index (χ1v) is 9.33. The quantitative estimate of drug-likeness (QED) is 0.494. The number of aromatic nitrogens is 4. The molecule has 0 amide bonds. The van der Waals surface area contributed by atoms with Crippen molar-refractivity contribution in [3.8, 4) is 0 Å². The molecule has 0 radical (unpaired) electrons. The molecule has 0 spiro atoms. The van der Waals surface area contributed by atoms with Crippen LogP contribution in [0.2, 0.25) is 0 Å². The van der Waals surface area contributed by atoms with Crippen molar-refractivity contribution in [2.45, 2.75) is 38.7 Å². The van der Waals surface area contributed by atoms with Crippen LogP contribution in [0.15, 0.2) is 12.7 Å². The Bertz CT molecular complexity index is 839. The molecule has 2 aromatic heterocycles. The number of hydrogen-bond acceptors (Lipinski definition) is 9. The number of nitrogens with zero attached hydrogens (tertiary/aromatic N) is 4. The monoisotopic (exact) mass is 389 g/mol. The van der Waals surface area contributed by atoms with Gasteiger partial charge in [-0.05, 0) is 12.3 Å². The molecule has 26 heavy (non-hydrogen) atoms. The lowest BCUT2D eigenvalue weighted by Crippen LogP contribution is -2.40.